The number of hydrogen-bond acceptors (Lipinski definition) is 4. The topological polar surface area (TPSA) is 57.2 Å². The molecule has 0 saturated carbocycles. The fourth-order valence-electron chi connectivity index (χ4n) is 3.35. The van der Waals surface area contributed by atoms with Gasteiger partial charge in [0.05, 0.1) is 13.0 Å². The van der Waals surface area contributed by atoms with Crippen LogP contribution < -0.4 is 10.2 Å². The molecule has 0 spiro atoms. The number of aliphatic imine (C=N–C) groups is 1. The third-order valence-electron chi connectivity index (χ3n) is 5.00. The van der Waals surface area contributed by atoms with E-state index in [9.17, 15) is 4.79 Å². The molecular formula is C21H35IN4O2. The molecular weight excluding hydrogens is 467 g/mol. The Morgan fingerprint density at radius 1 is 1.25 bits per heavy atom. The predicted molar refractivity (Wildman–Crippen MR) is 127 cm³/mol. The maximum atomic E-state index is 11.7. The van der Waals surface area contributed by atoms with Crippen molar-refractivity contribution in [2.24, 2.45) is 10.9 Å². The highest BCUT2D eigenvalue weighted by Gasteiger charge is 2.26. The molecule has 1 saturated heterocycles. The fraction of sp³-hybridized carbons (Fsp3) is 0.619. The number of methoxy groups -OCH3 is 1. The zero-order chi connectivity index (χ0) is 19.6. The normalized spacial score (nSPS) is 15.0. The molecule has 1 N–H and O–H groups in total. The van der Waals surface area contributed by atoms with Gasteiger partial charge in [0.1, 0.15) is 0 Å². The van der Waals surface area contributed by atoms with E-state index in [4.69, 9.17) is 9.73 Å². The molecule has 0 radical (unpaired) electrons. The Morgan fingerprint density at radius 3 is 2.43 bits per heavy atom. The number of piperidine rings is 1. The van der Waals surface area contributed by atoms with Crippen LogP contribution in [0.15, 0.2) is 29.3 Å². The summed E-state index contributed by atoms with van der Waals surface area (Å²) in [5.74, 6) is 0.903. The van der Waals surface area contributed by atoms with Gasteiger partial charge in [-0.2, -0.15) is 0 Å². The molecule has 2 rings (SSSR count). The van der Waals surface area contributed by atoms with Crippen molar-refractivity contribution in [1.82, 2.24) is 10.2 Å². The molecule has 0 unspecified atom stereocenters. The van der Waals surface area contributed by atoms with Crippen LogP contribution >= 0.6 is 24.0 Å². The summed E-state index contributed by atoms with van der Waals surface area (Å²) in [7, 11) is 5.58. The van der Waals surface area contributed by atoms with Crippen molar-refractivity contribution in [3.63, 3.8) is 0 Å². The van der Waals surface area contributed by atoms with Crippen molar-refractivity contribution in [3.05, 3.63) is 29.8 Å². The number of nitrogens with one attached hydrogen (secondary N) is 1. The molecule has 1 aromatic carbocycles. The molecule has 1 aliphatic rings. The van der Waals surface area contributed by atoms with Gasteiger partial charge in [-0.05, 0) is 50.3 Å². The first kappa shape index (κ1) is 24.5. The van der Waals surface area contributed by atoms with Gasteiger partial charge >= 0.3 is 5.97 Å². The Morgan fingerprint density at radius 2 is 1.89 bits per heavy atom. The van der Waals surface area contributed by atoms with Crippen LogP contribution in [0.4, 0.5) is 5.69 Å². The lowest BCUT2D eigenvalue weighted by molar-refractivity contribution is -0.146. The maximum Gasteiger partial charge on any atom is 0.308 e. The Labute approximate surface area is 186 Å². The van der Waals surface area contributed by atoms with Crippen LogP contribution in [-0.2, 0) is 16.0 Å². The number of aryl methyl sites for hydroxylation is 1. The molecule has 0 aliphatic carbocycles. The molecule has 158 valence electrons. The van der Waals surface area contributed by atoms with E-state index in [1.165, 1.54) is 18.4 Å². The lowest BCUT2D eigenvalue weighted by Gasteiger charge is -2.33. The van der Waals surface area contributed by atoms with Gasteiger partial charge in [-0.3, -0.25) is 9.79 Å². The molecule has 0 bridgehead atoms. The Bertz CT molecular complexity index is 611. The van der Waals surface area contributed by atoms with Crippen molar-refractivity contribution < 1.29 is 9.53 Å². The monoisotopic (exact) mass is 502 g/mol. The first-order valence-corrected chi connectivity index (χ1v) is 9.92. The SMILES string of the molecule is CCNC(=NCCCc1ccc(N(C)C)cc1)N1CCC(C(=O)OC)CC1.I. The molecule has 1 fully saturated rings. The Hall–Kier alpha value is -1.51. The number of esters is 1. The summed E-state index contributed by atoms with van der Waals surface area (Å²) >= 11 is 0. The van der Waals surface area contributed by atoms with Crippen LogP contribution in [-0.4, -0.2) is 64.2 Å². The van der Waals surface area contributed by atoms with Gasteiger partial charge in [-0.15, -0.1) is 24.0 Å². The molecule has 1 aliphatic heterocycles. The van der Waals surface area contributed by atoms with E-state index in [1.807, 2.05) is 0 Å². The van der Waals surface area contributed by atoms with Gasteiger partial charge in [0.25, 0.3) is 0 Å². The second-order valence-corrected chi connectivity index (χ2v) is 7.18. The van der Waals surface area contributed by atoms with Gasteiger partial charge in [0.2, 0.25) is 0 Å². The summed E-state index contributed by atoms with van der Waals surface area (Å²) in [5, 5.41) is 3.38. The summed E-state index contributed by atoms with van der Waals surface area (Å²) in [6.45, 7) is 5.43. The number of halogens is 1. The van der Waals surface area contributed by atoms with Crippen molar-refractivity contribution >= 4 is 41.6 Å². The van der Waals surface area contributed by atoms with Crippen LogP contribution in [0.2, 0.25) is 0 Å². The van der Waals surface area contributed by atoms with Gasteiger partial charge in [-0.1, -0.05) is 12.1 Å². The lowest BCUT2D eigenvalue weighted by Crippen LogP contribution is -2.46. The summed E-state index contributed by atoms with van der Waals surface area (Å²) < 4.78 is 4.87. The summed E-state index contributed by atoms with van der Waals surface area (Å²) in [6, 6.07) is 8.71. The van der Waals surface area contributed by atoms with Gasteiger partial charge in [0, 0.05) is 46.0 Å². The zero-order valence-electron chi connectivity index (χ0n) is 17.6. The molecule has 6 nitrogen and oxygen atoms in total. The highest BCUT2D eigenvalue weighted by Crippen LogP contribution is 2.18. The zero-order valence-corrected chi connectivity index (χ0v) is 19.9. The van der Waals surface area contributed by atoms with Crippen molar-refractivity contribution in [2.75, 3.05) is 52.3 Å². The molecule has 0 atom stereocenters. The van der Waals surface area contributed by atoms with Crippen LogP contribution in [0.1, 0.15) is 31.7 Å². The first-order chi connectivity index (χ1) is 13.0. The molecule has 0 amide bonds. The highest BCUT2D eigenvalue weighted by atomic mass is 127. The fourth-order valence-corrected chi connectivity index (χ4v) is 3.35. The van der Waals surface area contributed by atoms with Crippen LogP contribution in [0, 0.1) is 5.92 Å². The van der Waals surface area contributed by atoms with E-state index in [0.29, 0.717) is 0 Å². The number of likely N-dealkylation sites (tertiary alicyclic amines) is 1. The quantitative estimate of drug-likeness (QED) is 0.204. The summed E-state index contributed by atoms with van der Waals surface area (Å²) in [5.41, 5.74) is 2.57. The van der Waals surface area contributed by atoms with E-state index in [2.05, 4.69) is 60.4 Å². The molecule has 7 heteroatoms. The number of anilines is 1. The second kappa shape index (κ2) is 12.9. The number of guanidine groups is 1. The maximum absolute atomic E-state index is 11.7. The number of carbonyl (C=O) groups is 1. The van der Waals surface area contributed by atoms with E-state index < -0.39 is 0 Å². The van der Waals surface area contributed by atoms with Crippen LogP contribution in [0.3, 0.4) is 0 Å². The lowest BCUT2D eigenvalue weighted by atomic mass is 9.97. The average molecular weight is 502 g/mol. The Balaban J connectivity index is 0.00000392. The smallest absolute Gasteiger partial charge is 0.308 e. The van der Waals surface area contributed by atoms with Crippen molar-refractivity contribution in [2.45, 2.75) is 32.6 Å². The predicted octanol–water partition coefficient (Wildman–Crippen LogP) is 3.15. The van der Waals surface area contributed by atoms with Crippen LogP contribution in [0.25, 0.3) is 0 Å². The van der Waals surface area contributed by atoms with Gasteiger partial charge in [-0.25, -0.2) is 0 Å². The molecule has 1 heterocycles. The molecule has 28 heavy (non-hydrogen) atoms. The van der Waals surface area contributed by atoms with Gasteiger partial charge < -0.3 is 19.9 Å². The van der Waals surface area contributed by atoms with Crippen molar-refractivity contribution in [3.8, 4) is 0 Å². The molecule has 0 aromatic heterocycles. The highest BCUT2D eigenvalue weighted by molar-refractivity contribution is 14.0. The number of carbonyl (C=O) groups excluding carboxylic acids is 1. The Kier molecular flexibility index (Phi) is 11.3. The second-order valence-electron chi connectivity index (χ2n) is 7.18. The number of hydrogen-bond donors (Lipinski definition) is 1. The third kappa shape index (κ3) is 7.48. The first-order valence-electron chi connectivity index (χ1n) is 9.92. The van der Waals surface area contributed by atoms with Crippen LogP contribution in [0.5, 0.6) is 0 Å². The number of nitrogens with zero attached hydrogens (tertiary/aromatic N) is 3. The molecule has 1 aromatic rings. The largest absolute Gasteiger partial charge is 0.469 e. The third-order valence-corrected chi connectivity index (χ3v) is 5.00. The van der Waals surface area contributed by atoms with E-state index in [-0.39, 0.29) is 35.9 Å². The minimum Gasteiger partial charge on any atom is -0.469 e. The van der Waals surface area contributed by atoms with Crippen molar-refractivity contribution in [1.29, 1.82) is 0 Å². The number of benzene rings is 1. The number of rotatable bonds is 7. The summed E-state index contributed by atoms with van der Waals surface area (Å²) in [4.78, 5) is 20.8. The van der Waals surface area contributed by atoms with E-state index in [1.54, 1.807) is 0 Å². The van der Waals surface area contributed by atoms with E-state index >= 15 is 0 Å². The minimum absolute atomic E-state index is 0. The van der Waals surface area contributed by atoms with E-state index in [0.717, 1.165) is 57.8 Å². The van der Waals surface area contributed by atoms with Gasteiger partial charge in [0.15, 0.2) is 5.96 Å². The summed E-state index contributed by atoms with van der Waals surface area (Å²) in [6.07, 6.45) is 3.71. The minimum atomic E-state index is -0.0862. The average Bonchev–Trinajstić information content (AvgIpc) is 2.70. The standard InChI is InChI=1S/C21H34N4O2.HI/c1-5-22-21(25-15-12-18(13-16-25)20(26)27-4)23-14-6-7-17-8-10-19(11-9-17)24(2)3;/h8-11,18H,5-7,12-16H2,1-4H3,(H,22,23);1H. The number of ether oxygens (including phenoxy) is 1.